The molecule has 0 saturated carbocycles. The molecule has 0 amide bonds. The summed E-state index contributed by atoms with van der Waals surface area (Å²) in [6, 6.07) is 0. The van der Waals surface area contributed by atoms with Gasteiger partial charge in [0.25, 0.3) is 0 Å². The first-order valence-electron chi connectivity index (χ1n) is 3.41. The summed E-state index contributed by atoms with van der Waals surface area (Å²) < 4.78 is 8.79. The van der Waals surface area contributed by atoms with Crippen LogP contribution >= 0.6 is 0 Å². The minimum atomic E-state index is -0.898. The molecular weight excluding hydrogens is 203 g/mol. The summed E-state index contributed by atoms with van der Waals surface area (Å²) in [5.74, 6) is -2.40. The van der Waals surface area contributed by atoms with E-state index in [9.17, 15) is 14.7 Å². The first-order chi connectivity index (χ1) is 5.66. The van der Waals surface area contributed by atoms with Crippen molar-refractivity contribution in [3.63, 3.8) is 0 Å². The molecule has 5 nitrogen and oxygen atoms in total. The number of carbonyl (C=O) groups is 2. The molecule has 0 N–H and O–H groups in total. The molecule has 0 atom stereocenters. The predicted molar refractivity (Wildman–Crippen MR) is 34.6 cm³/mol. The van der Waals surface area contributed by atoms with E-state index in [2.05, 4.69) is 9.47 Å². The van der Waals surface area contributed by atoms with E-state index in [-0.39, 0.29) is 64.6 Å². The average molecular weight is 210 g/mol. The van der Waals surface area contributed by atoms with Crippen molar-refractivity contribution in [1.29, 1.82) is 0 Å². The number of hydrogen-bond donors (Lipinski definition) is 0. The van der Waals surface area contributed by atoms with Crippen LogP contribution in [-0.4, -0.2) is 25.2 Å². The van der Waals surface area contributed by atoms with E-state index in [1.165, 1.54) is 0 Å². The third-order valence-electron chi connectivity index (χ3n) is 1.30. The van der Waals surface area contributed by atoms with Gasteiger partial charge in [-0.05, 0) is 6.92 Å². The summed E-state index contributed by atoms with van der Waals surface area (Å²) >= 11 is 0. The summed E-state index contributed by atoms with van der Waals surface area (Å²) in [6.07, 6.45) is 0. The molecule has 1 aliphatic rings. The Kier molecular flexibility index (Phi) is 5.82. The number of cyclic esters (lactones) is 1. The van der Waals surface area contributed by atoms with Gasteiger partial charge in [-0.1, -0.05) is 5.76 Å². The molecule has 0 aromatic carbocycles. The van der Waals surface area contributed by atoms with Gasteiger partial charge in [0.2, 0.25) is 0 Å². The van der Waals surface area contributed by atoms with Crippen molar-refractivity contribution in [1.82, 2.24) is 0 Å². The van der Waals surface area contributed by atoms with Gasteiger partial charge in [0, 0.05) is 0 Å². The number of carbonyl (C=O) groups excluding carboxylic acids is 2. The Morgan fingerprint density at radius 1 is 1.69 bits per heavy atom. The Hall–Kier alpha value is 0.116. The van der Waals surface area contributed by atoms with Crippen LogP contribution in [0.3, 0.4) is 0 Å². The standard InChI is InChI=1S/C7H8O5.K/c1-2-11-6(9)5-4(8)3-12-7(5)10;/h8H,2-3H2,1H3;/q;+1/p-1. The fourth-order valence-electron chi connectivity index (χ4n) is 0.790. The Balaban J connectivity index is 0.00000144. The minimum absolute atomic E-state index is 0. The number of rotatable bonds is 2. The molecule has 0 radical (unpaired) electrons. The van der Waals surface area contributed by atoms with E-state index in [1.807, 2.05) is 0 Å². The molecule has 1 aliphatic heterocycles. The molecule has 0 aliphatic carbocycles. The predicted octanol–water partition coefficient (Wildman–Crippen LogP) is -4.28. The van der Waals surface area contributed by atoms with Gasteiger partial charge in [-0.2, -0.15) is 0 Å². The van der Waals surface area contributed by atoms with Gasteiger partial charge in [0.15, 0.2) is 0 Å². The molecule has 6 heteroatoms. The first-order valence-corrected chi connectivity index (χ1v) is 3.41. The second-order valence-electron chi connectivity index (χ2n) is 2.09. The van der Waals surface area contributed by atoms with Crippen molar-refractivity contribution in [2.24, 2.45) is 0 Å². The zero-order valence-electron chi connectivity index (χ0n) is 7.46. The molecule has 1 rings (SSSR count). The van der Waals surface area contributed by atoms with E-state index in [4.69, 9.17) is 0 Å². The molecule has 0 fully saturated rings. The Morgan fingerprint density at radius 3 is 2.69 bits per heavy atom. The SMILES string of the molecule is CCOC(=O)C1=C([O-])COC1=O.[K+]. The maximum atomic E-state index is 10.9. The maximum absolute atomic E-state index is 10.9. The summed E-state index contributed by atoms with van der Waals surface area (Å²) in [7, 11) is 0. The van der Waals surface area contributed by atoms with Crippen LogP contribution in [-0.2, 0) is 19.1 Å². The van der Waals surface area contributed by atoms with Gasteiger partial charge in [0.05, 0.1) is 6.61 Å². The van der Waals surface area contributed by atoms with Gasteiger partial charge in [-0.25, -0.2) is 9.59 Å². The van der Waals surface area contributed by atoms with Crippen molar-refractivity contribution in [2.75, 3.05) is 13.2 Å². The molecule has 1 heterocycles. The topological polar surface area (TPSA) is 75.7 Å². The van der Waals surface area contributed by atoms with E-state index >= 15 is 0 Å². The van der Waals surface area contributed by atoms with Crippen molar-refractivity contribution in [3.8, 4) is 0 Å². The third kappa shape index (κ3) is 3.06. The first kappa shape index (κ1) is 13.1. The monoisotopic (exact) mass is 210 g/mol. The fourth-order valence-corrected chi connectivity index (χ4v) is 0.790. The van der Waals surface area contributed by atoms with Crippen LogP contribution in [0.5, 0.6) is 0 Å². The van der Waals surface area contributed by atoms with E-state index < -0.39 is 23.3 Å². The summed E-state index contributed by atoms with van der Waals surface area (Å²) in [5.41, 5.74) is -0.503. The second kappa shape index (κ2) is 5.76. The second-order valence-corrected chi connectivity index (χ2v) is 2.09. The van der Waals surface area contributed by atoms with E-state index in [0.29, 0.717) is 0 Å². The van der Waals surface area contributed by atoms with Crippen LogP contribution in [0, 0.1) is 0 Å². The molecular formula is C7H7KO5. The zero-order chi connectivity index (χ0) is 9.14. The molecule has 0 unspecified atom stereocenters. The molecule has 0 bridgehead atoms. The third-order valence-corrected chi connectivity index (χ3v) is 1.30. The fraction of sp³-hybridized carbons (Fsp3) is 0.429. The number of ether oxygens (including phenoxy) is 2. The smallest absolute Gasteiger partial charge is 0.872 e. The van der Waals surface area contributed by atoms with Gasteiger partial charge in [-0.15, -0.1) is 0 Å². The van der Waals surface area contributed by atoms with Crippen molar-refractivity contribution in [2.45, 2.75) is 6.92 Å². The minimum Gasteiger partial charge on any atom is -0.872 e. The number of esters is 2. The molecule has 13 heavy (non-hydrogen) atoms. The van der Waals surface area contributed by atoms with Crippen LogP contribution in [0.1, 0.15) is 6.92 Å². The van der Waals surface area contributed by atoms with Gasteiger partial charge in [-0.3, -0.25) is 0 Å². The molecule has 0 aromatic heterocycles. The largest absolute Gasteiger partial charge is 1.00 e. The molecule has 66 valence electrons. The average Bonchev–Trinajstić information content (AvgIpc) is 2.32. The molecule has 0 spiro atoms. The summed E-state index contributed by atoms with van der Waals surface area (Å²) in [5, 5.41) is 10.8. The van der Waals surface area contributed by atoms with Crippen LogP contribution < -0.4 is 56.5 Å². The van der Waals surface area contributed by atoms with Gasteiger partial charge < -0.3 is 14.6 Å². The van der Waals surface area contributed by atoms with Crippen LogP contribution in [0.15, 0.2) is 11.3 Å². The van der Waals surface area contributed by atoms with E-state index in [1.54, 1.807) is 6.92 Å². The summed E-state index contributed by atoms with van der Waals surface area (Å²) in [6.45, 7) is 1.36. The van der Waals surface area contributed by atoms with Gasteiger partial charge in [0.1, 0.15) is 12.2 Å². The quantitative estimate of drug-likeness (QED) is 0.262. The van der Waals surface area contributed by atoms with Crippen molar-refractivity contribution >= 4 is 11.9 Å². The normalized spacial score (nSPS) is 15.0. The molecule has 0 saturated heterocycles. The van der Waals surface area contributed by atoms with Crippen LogP contribution in [0.25, 0.3) is 0 Å². The van der Waals surface area contributed by atoms with Gasteiger partial charge >= 0.3 is 63.3 Å². The maximum Gasteiger partial charge on any atom is 1.00 e. The Bertz CT molecular complexity index is 258. The van der Waals surface area contributed by atoms with Crippen LogP contribution in [0.4, 0.5) is 0 Å². The summed E-state index contributed by atoms with van der Waals surface area (Å²) in [4.78, 5) is 21.6. The molecule has 0 aromatic rings. The van der Waals surface area contributed by atoms with Crippen LogP contribution in [0.2, 0.25) is 0 Å². The van der Waals surface area contributed by atoms with Crippen molar-refractivity contribution in [3.05, 3.63) is 11.3 Å². The number of hydrogen-bond acceptors (Lipinski definition) is 5. The zero-order valence-corrected chi connectivity index (χ0v) is 10.6. The van der Waals surface area contributed by atoms with Crippen molar-refractivity contribution < 1.29 is 75.6 Å². The van der Waals surface area contributed by atoms with E-state index in [0.717, 1.165) is 0 Å². The Morgan fingerprint density at radius 2 is 2.31 bits per heavy atom. The Labute approximate surface area is 118 Å².